The monoisotopic (exact) mass is 396 g/mol. The molecule has 0 fully saturated rings. The van der Waals surface area contributed by atoms with E-state index in [2.05, 4.69) is 42.4 Å². The lowest BCUT2D eigenvalue weighted by molar-refractivity contribution is -0.132. The molecule has 0 radical (unpaired) electrons. The molecule has 0 aromatic heterocycles. The number of oxime groups is 2. The molecule has 0 aliphatic heterocycles. The lowest BCUT2D eigenvalue weighted by atomic mass is 9.99. The number of rotatable bonds is 8. The Morgan fingerprint density at radius 1 is 1.07 bits per heavy atom. The van der Waals surface area contributed by atoms with Crippen LogP contribution in [0.5, 0.6) is 0 Å². The molecule has 0 bridgehead atoms. The van der Waals surface area contributed by atoms with Gasteiger partial charge in [-0.3, -0.25) is 0 Å². The lowest BCUT2D eigenvalue weighted by Crippen LogP contribution is -2.20. The minimum Gasteiger partial charge on any atom is -0.464 e. The third-order valence-electron chi connectivity index (χ3n) is 4.60. The molecule has 29 heavy (non-hydrogen) atoms. The second-order valence-electron chi connectivity index (χ2n) is 6.73. The second kappa shape index (κ2) is 10.4. The molecule has 0 spiro atoms. The van der Waals surface area contributed by atoms with Gasteiger partial charge in [0.25, 0.3) is 0 Å². The van der Waals surface area contributed by atoms with Crippen LogP contribution in [0.15, 0.2) is 46.7 Å². The van der Waals surface area contributed by atoms with Crippen LogP contribution in [0.2, 0.25) is 0 Å². The van der Waals surface area contributed by atoms with Crippen LogP contribution >= 0.6 is 0 Å². The van der Waals surface area contributed by atoms with E-state index in [1.807, 2.05) is 26.0 Å². The third kappa shape index (κ3) is 5.67. The SMILES string of the molecule is CCc1cc(C)cc(/C(C)=N/OCc2c(C)cccc2/C(=N\OC)C(=O)OC)c1. The number of nitrogens with zero attached hydrogens (tertiary/aromatic N) is 2. The fraction of sp³-hybridized carbons (Fsp3) is 0.348. The number of carbonyl (C=O) groups excluding carboxylic acids is 1. The van der Waals surface area contributed by atoms with Gasteiger partial charge in [0.2, 0.25) is 0 Å². The molecule has 6 nitrogen and oxygen atoms in total. The summed E-state index contributed by atoms with van der Waals surface area (Å²) in [6.07, 6.45) is 0.963. The molecule has 0 aliphatic carbocycles. The first-order valence-corrected chi connectivity index (χ1v) is 9.47. The van der Waals surface area contributed by atoms with Crippen molar-refractivity contribution < 1.29 is 19.2 Å². The van der Waals surface area contributed by atoms with Gasteiger partial charge in [0.1, 0.15) is 13.7 Å². The van der Waals surface area contributed by atoms with Crippen molar-refractivity contribution in [1.29, 1.82) is 0 Å². The van der Waals surface area contributed by atoms with Gasteiger partial charge in [0.05, 0.1) is 12.8 Å². The van der Waals surface area contributed by atoms with E-state index in [0.29, 0.717) is 5.56 Å². The van der Waals surface area contributed by atoms with Crippen LogP contribution in [0.4, 0.5) is 0 Å². The van der Waals surface area contributed by atoms with Crippen LogP contribution in [0.1, 0.15) is 47.2 Å². The summed E-state index contributed by atoms with van der Waals surface area (Å²) in [5, 5.41) is 8.13. The molecule has 2 aromatic carbocycles. The van der Waals surface area contributed by atoms with E-state index in [0.717, 1.165) is 28.8 Å². The van der Waals surface area contributed by atoms with Crippen molar-refractivity contribution >= 4 is 17.4 Å². The molecule has 154 valence electrons. The van der Waals surface area contributed by atoms with E-state index in [1.54, 1.807) is 6.07 Å². The largest absolute Gasteiger partial charge is 0.464 e. The summed E-state index contributed by atoms with van der Waals surface area (Å²) < 4.78 is 4.83. The van der Waals surface area contributed by atoms with Gasteiger partial charge in [0.15, 0.2) is 5.71 Å². The summed E-state index contributed by atoms with van der Waals surface area (Å²) in [5.41, 5.74) is 6.69. The van der Waals surface area contributed by atoms with Crippen LogP contribution in [0.3, 0.4) is 0 Å². The number of esters is 1. The van der Waals surface area contributed by atoms with Crippen molar-refractivity contribution in [3.63, 3.8) is 0 Å². The van der Waals surface area contributed by atoms with Crippen molar-refractivity contribution in [2.45, 2.75) is 40.7 Å². The van der Waals surface area contributed by atoms with Gasteiger partial charge in [-0.25, -0.2) is 4.79 Å². The van der Waals surface area contributed by atoms with Crippen molar-refractivity contribution in [3.8, 4) is 0 Å². The highest BCUT2D eigenvalue weighted by Crippen LogP contribution is 2.18. The number of methoxy groups -OCH3 is 1. The molecule has 6 heteroatoms. The molecular formula is C23H28N2O4. The Morgan fingerprint density at radius 2 is 1.83 bits per heavy atom. The normalized spacial score (nSPS) is 11.9. The van der Waals surface area contributed by atoms with E-state index in [9.17, 15) is 4.79 Å². The van der Waals surface area contributed by atoms with Crippen molar-refractivity contribution in [3.05, 3.63) is 69.8 Å². The van der Waals surface area contributed by atoms with Crippen LogP contribution in [-0.2, 0) is 32.2 Å². The Balaban J connectivity index is 2.29. The smallest absolute Gasteiger partial charge is 0.360 e. The molecule has 0 saturated carbocycles. The van der Waals surface area contributed by atoms with E-state index in [1.165, 1.54) is 25.3 Å². The molecule has 2 rings (SSSR count). The van der Waals surface area contributed by atoms with Crippen LogP contribution < -0.4 is 0 Å². The van der Waals surface area contributed by atoms with Gasteiger partial charge in [-0.15, -0.1) is 0 Å². The highest BCUT2D eigenvalue weighted by molar-refractivity contribution is 6.43. The number of hydrogen-bond donors (Lipinski definition) is 0. The van der Waals surface area contributed by atoms with Crippen molar-refractivity contribution in [2.24, 2.45) is 10.3 Å². The van der Waals surface area contributed by atoms with Gasteiger partial charge in [-0.2, -0.15) is 0 Å². The van der Waals surface area contributed by atoms with Crippen molar-refractivity contribution in [1.82, 2.24) is 0 Å². The maximum absolute atomic E-state index is 12.1. The molecule has 0 N–H and O–H groups in total. The highest BCUT2D eigenvalue weighted by Gasteiger charge is 2.20. The van der Waals surface area contributed by atoms with Gasteiger partial charge in [-0.05, 0) is 49.9 Å². The summed E-state index contributed by atoms with van der Waals surface area (Å²) >= 11 is 0. The number of carbonyl (C=O) groups is 1. The van der Waals surface area contributed by atoms with Crippen LogP contribution in [0.25, 0.3) is 0 Å². The predicted octanol–water partition coefficient (Wildman–Crippen LogP) is 4.33. The van der Waals surface area contributed by atoms with Crippen molar-refractivity contribution in [2.75, 3.05) is 14.2 Å². The Hall–Kier alpha value is -3.15. The number of aryl methyl sites for hydroxylation is 3. The van der Waals surface area contributed by atoms with Crippen LogP contribution in [-0.4, -0.2) is 31.6 Å². The molecule has 0 aliphatic rings. The minimum absolute atomic E-state index is 0.0873. The van der Waals surface area contributed by atoms with E-state index in [4.69, 9.17) is 14.4 Å². The first-order chi connectivity index (χ1) is 13.9. The van der Waals surface area contributed by atoms with Gasteiger partial charge >= 0.3 is 5.97 Å². The first-order valence-electron chi connectivity index (χ1n) is 9.47. The summed E-state index contributed by atoms with van der Waals surface area (Å²) in [6, 6.07) is 11.9. The molecule has 2 aromatic rings. The Morgan fingerprint density at radius 3 is 2.48 bits per heavy atom. The minimum atomic E-state index is -0.578. The molecule has 0 atom stereocenters. The number of benzene rings is 2. The number of hydrogen-bond acceptors (Lipinski definition) is 6. The average molecular weight is 396 g/mol. The van der Waals surface area contributed by atoms with Gasteiger partial charge in [0, 0.05) is 11.1 Å². The fourth-order valence-corrected chi connectivity index (χ4v) is 3.02. The highest BCUT2D eigenvalue weighted by atomic mass is 16.6. The topological polar surface area (TPSA) is 69.5 Å². The first kappa shape index (κ1) is 22.1. The van der Waals surface area contributed by atoms with E-state index in [-0.39, 0.29) is 12.3 Å². The molecule has 0 saturated heterocycles. The quantitative estimate of drug-likeness (QED) is 0.378. The van der Waals surface area contributed by atoms with Gasteiger partial charge in [-0.1, -0.05) is 53.1 Å². The Bertz CT molecular complexity index is 932. The standard InChI is InChI=1S/C23H28N2O4/c1-7-18-11-15(2)12-19(13-18)17(4)24-29-14-21-16(3)9-8-10-20(21)22(25-28-6)23(26)27-5/h8-13H,7,14H2,1-6H3/b24-17+,25-22+. The zero-order chi connectivity index (χ0) is 21.4. The number of ether oxygens (including phenoxy) is 1. The average Bonchev–Trinajstić information content (AvgIpc) is 2.72. The predicted molar refractivity (Wildman–Crippen MR) is 114 cm³/mol. The van der Waals surface area contributed by atoms with Crippen LogP contribution in [0, 0.1) is 13.8 Å². The fourth-order valence-electron chi connectivity index (χ4n) is 3.02. The molecule has 0 unspecified atom stereocenters. The summed E-state index contributed by atoms with van der Waals surface area (Å²) in [7, 11) is 2.69. The van der Waals surface area contributed by atoms with E-state index >= 15 is 0 Å². The second-order valence-corrected chi connectivity index (χ2v) is 6.73. The molecular weight excluding hydrogens is 368 g/mol. The summed E-state index contributed by atoms with van der Waals surface area (Å²) in [5.74, 6) is -0.578. The zero-order valence-electron chi connectivity index (χ0n) is 17.9. The molecule has 0 amide bonds. The summed E-state index contributed by atoms with van der Waals surface area (Å²) in [6.45, 7) is 8.24. The maximum Gasteiger partial charge on any atom is 0.360 e. The van der Waals surface area contributed by atoms with Gasteiger partial charge < -0.3 is 14.4 Å². The zero-order valence-corrected chi connectivity index (χ0v) is 17.9. The van der Waals surface area contributed by atoms with E-state index < -0.39 is 5.97 Å². The third-order valence-corrected chi connectivity index (χ3v) is 4.60. The Kier molecular flexibility index (Phi) is 7.95. The maximum atomic E-state index is 12.1. The Labute approximate surface area is 172 Å². The lowest BCUT2D eigenvalue weighted by Gasteiger charge is -2.13. The molecule has 0 heterocycles. The summed E-state index contributed by atoms with van der Waals surface area (Å²) in [4.78, 5) is 22.6.